The van der Waals surface area contributed by atoms with E-state index in [1.807, 2.05) is 6.07 Å². The van der Waals surface area contributed by atoms with E-state index in [1.165, 1.54) is 0 Å². The number of anilines is 1. The standard InChI is InChI=1S/C18H27BrN4O2/c1-3-4-9-20-18(25)14-6-5-13(2)23(11-14)12-17(24)22-16-8-7-15(19)10-21-16/h7-8,10,13-14H,3-6,9,11-12H2,1-2H3,(H,20,25)(H,21,22,24). The van der Waals surface area contributed by atoms with E-state index in [1.54, 1.807) is 12.3 Å². The molecule has 1 aromatic heterocycles. The Hall–Kier alpha value is -1.47. The van der Waals surface area contributed by atoms with Crippen molar-refractivity contribution in [2.45, 2.75) is 45.6 Å². The molecule has 0 saturated carbocycles. The Morgan fingerprint density at radius 2 is 2.16 bits per heavy atom. The van der Waals surface area contributed by atoms with Crippen molar-refractivity contribution in [3.05, 3.63) is 22.8 Å². The molecule has 1 aliphatic heterocycles. The van der Waals surface area contributed by atoms with Crippen LogP contribution in [-0.4, -0.2) is 47.4 Å². The first-order chi connectivity index (χ1) is 12.0. The van der Waals surface area contributed by atoms with Crippen molar-refractivity contribution in [3.8, 4) is 0 Å². The molecule has 0 aliphatic carbocycles. The minimum absolute atomic E-state index is 0.0355. The first-order valence-electron chi connectivity index (χ1n) is 8.92. The van der Waals surface area contributed by atoms with Crippen LogP contribution in [0.3, 0.4) is 0 Å². The molecule has 7 heteroatoms. The van der Waals surface area contributed by atoms with Crippen LogP contribution in [0.5, 0.6) is 0 Å². The number of carbonyl (C=O) groups excluding carboxylic acids is 2. The lowest BCUT2D eigenvalue weighted by molar-refractivity contribution is -0.128. The van der Waals surface area contributed by atoms with Gasteiger partial charge in [-0.2, -0.15) is 0 Å². The van der Waals surface area contributed by atoms with Crippen LogP contribution in [0.2, 0.25) is 0 Å². The van der Waals surface area contributed by atoms with Crippen LogP contribution in [0, 0.1) is 5.92 Å². The summed E-state index contributed by atoms with van der Waals surface area (Å²) in [5.74, 6) is 0.507. The second kappa shape index (κ2) is 9.87. The fraction of sp³-hybridized carbons (Fsp3) is 0.611. The topological polar surface area (TPSA) is 74.3 Å². The molecule has 1 fully saturated rings. The molecule has 0 spiro atoms. The zero-order valence-electron chi connectivity index (χ0n) is 14.9. The minimum Gasteiger partial charge on any atom is -0.356 e. The maximum atomic E-state index is 12.3. The van der Waals surface area contributed by atoms with Gasteiger partial charge in [-0.25, -0.2) is 4.98 Å². The highest BCUT2D eigenvalue weighted by molar-refractivity contribution is 9.10. The fourth-order valence-electron chi connectivity index (χ4n) is 2.96. The van der Waals surface area contributed by atoms with Crippen molar-refractivity contribution in [3.63, 3.8) is 0 Å². The molecule has 2 N–H and O–H groups in total. The number of hydrogen-bond donors (Lipinski definition) is 2. The highest BCUT2D eigenvalue weighted by Gasteiger charge is 2.30. The monoisotopic (exact) mass is 410 g/mol. The molecule has 0 aromatic carbocycles. The number of hydrogen-bond acceptors (Lipinski definition) is 4. The summed E-state index contributed by atoms with van der Waals surface area (Å²) in [6, 6.07) is 3.89. The highest BCUT2D eigenvalue weighted by Crippen LogP contribution is 2.22. The summed E-state index contributed by atoms with van der Waals surface area (Å²) in [4.78, 5) is 30.8. The molecule has 0 bridgehead atoms. The van der Waals surface area contributed by atoms with Crippen molar-refractivity contribution in [1.82, 2.24) is 15.2 Å². The maximum Gasteiger partial charge on any atom is 0.239 e. The van der Waals surface area contributed by atoms with Gasteiger partial charge in [-0.1, -0.05) is 13.3 Å². The zero-order chi connectivity index (χ0) is 18.2. The Balaban J connectivity index is 1.85. The SMILES string of the molecule is CCCCNC(=O)C1CCC(C)N(CC(=O)Nc2ccc(Br)cn2)C1. The van der Waals surface area contributed by atoms with E-state index in [0.717, 1.165) is 36.7 Å². The number of piperidine rings is 1. The molecule has 2 rings (SSSR count). The van der Waals surface area contributed by atoms with Gasteiger partial charge in [0.25, 0.3) is 0 Å². The van der Waals surface area contributed by atoms with Gasteiger partial charge in [0.15, 0.2) is 0 Å². The quantitative estimate of drug-likeness (QED) is 0.677. The molecule has 1 aromatic rings. The Labute approximate surface area is 157 Å². The molecule has 2 unspecified atom stereocenters. The number of rotatable bonds is 7. The molecule has 6 nitrogen and oxygen atoms in total. The summed E-state index contributed by atoms with van der Waals surface area (Å²) in [5.41, 5.74) is 0. The van der Waals surface area contributed by atoms with E-state index in [4.69, 9.17) is 0 Å². The van der Waals surface area contributed by atoms with Crippen LogP contribution >= 0.6 is 15.9 Å². The molecule has 0 radical (unpaired) electrons. The first kappa shape index (κ1) is 19.8. The lowest BCUT2D eigenvalue weighted by Gasteiger charge is -2.36. The van der Waals surface area contributed by atoms with Gasteiger partial charge in [0, 0.05) is 29.8 Å². The smallest absolute Gasteiger partial charge is 0.239 e. The Morgan fingerprint density at radius 3 is 2.84 bits per heavy atom. The van der Waals surface area contributed by atoms with Gasteiger partial charge < -0.3 is 10.6 Å². The minimum atomic E-state index is -0.103. The molecule has 2 amide bonds. The van der Waals surface area contributed by atoms with Crippen LogP contribution < -0.4 is 10.6 Å². The average Bonchev–Trinajstić information content (AvgIpc) is 2.59. The summed E-state index contributed by atoms with van der Waals surface area (Å²) in [6.07, 6.45) is 5.52. The summed E-state index contributed by atoms with van der Waals surface area (Å²) in [5, 5.41) is 5.82. The highest BCUT2D eigenvalue weighted by atomic mass is 79.9. The van der Waals surface area contributed by atoms with Gasteiger partial charge in [0.1, 0.15) is 5.82 Å². The Bertz CT molecular complexity index is 579. The van der Waals surface area contributed by atoms with Crippen molar-refractivity contribution in [1.29, 1.82) is 0 Å². The van der Waals surface area contributed by atoms with Crippen LogP contribution in [0.1, 0.15) is 39.5 Å². The fourth-order valence-corrected chi connectivity index (χ4v) is 3.20. The molecule has 2 atom stereocenters. The molecular weight excluding hydrogens is 384 g/mol. The Kier molecular flexibility index (Phi) is 7.84. The largest absolute Gasteiger partial charge is 0.356 e. The third-order valence-electron chi connectivity index (χ3n) is 4.55. The predicted octanol–water partition coefficient (Wildman–Crippen LogP) is 2.80. The lowest BCUT2D eigenvalue weighted by Crippen LogP contribution is -2.49. The number of halogens is 1. The number of aromatic nitrogens is 1. The van der Waals surface area contributed by atoms with E-state index in [-0.39, 0.29) is 24.3 Å². The summed E-state index contributed by atoms with van der Waals surface area (Å²) < 4.78 is 0.868. The van der Waals surface area contributed by atoms with Gasteiger partial charge in [-0.05, 0) is 54.2 Å². The second-order valence-corrected chi connectivity index (χ2v) is 7.52. The number of carbonyl (C=O) groups is 2. The average molecular weight is 411 g/mol. The number of unbranched alkanes of at least 4 members (excludes halogenated alkanes) is 1. The molecular formula is C18H27BrN4O2. The van der Waals surface area contributed by atoms with Crippen molar-refractivity contribution >= 4 is 33.6 Å². The number of pyridine rings is 1. The molecule has 2 heterocycles. The number of nitrogens with zero attached hydrogens (tertiary/aromatic N) is 2. The van der Waals surface area contributed by atoms with Crippen molar-refractivity contribution < 1.29 is 9.59 Å². The summed E-state index contributed by atoms with van der Waals surface area (Å²) in [7, 11) is 0. The van der Waals surface area contributed by atoms with Crippen LogP contribution in [0.15, 0.2) is 22.8 Å². The third kappa shape index (κ3) is 6.40. The van der Waals surface area contributed by atoms with Crippen molar-refractivity contribution in [2.24, 2.45) is 5.92 Å². The van der Waals surface area contributed by atoms with E-state index >= 15 is 0 Å². The normalized spacial score (nSPS) is 20.9. The van der Waals surface area contributed by atoms with Crippen LogP contribution in [0.25, 0.3) is 0 Å². The zero-order valence-corrected chi connectivity index (χ0v) is 16.5. The van der Waals surface area contributed by atoms with E-state index < -0.39 is 0 Å². The summed E-state index contributed by atoms with van der Waals surface area (Å²) in [6.45, 7) is 5.85. The predicted molar refractivity (Wildman–Crippen MR) is 102 cm³/mol. The van der Waals surface area contributed by atoms with E-state index in [0.29, 0.717) is 18.4 Å². The molecule has 1 saturated heterocycles. The second-order valence-electron chi connectivity index (χ2n) is 6.61. The van der Waals surface area contributed by atoms with E-state index in [2.05, 4.69) is 50.3 Å². The third-order valence-corrected chi connectivity index (χ3v) is 5.02. The molecule has 1 aliphatic rings. The van der Waals surface area contributed by atoms with Gasteiger partial charge in [0.2, 0.25) is 11.8 Å². The maximum absolute atomic E-state index is 12.3. The van der Waals surface area contributed by atoms with Gasteiger partial charge >= 0.3 is 0 Å². The number of amides is 2. The van der Waals surface area contributed by atoms with Crippen LogP contribution in [-0.2, 0) is 9.59 Å². The molecule has 25 heavy (non-hydrogen) atoms. The Morgan fingerprint density at radius 1 is 1.36 bits per heavy atom. The summed E-state index contributed by atoms with van der Waals surface area (Å²) >= 11 is 3.32. The number of likely N-dealkylation sites (tertiary alicyclic amines) is 1. The molecule has 138 valence electrons. The lowest BCUT2D eigenvalue weighted by atomic mass is 9.92. The first-order valence-corrected chi connectivity index (χ1v) is 9.72. The van der Waals surface area contributed by atoms with Gasteiger partial charge in [-0.3, -0.25) is 14.5 Å². The van der Waals surface area contributed by atoms with Crippen LogP contribution in [0.4, 0.5) is 5.82 Å². The van der Waals surface area contributed by atoms with E-state index in [9.17, 15) is 9.59 Å². The van der Waals surface area contributed by atoms with Gasteiger partial charge in [-0.15, -0.1) is 0 Å². The van der Waals surface area contributed by atoms with Crippen molar-refractivity contribution in [2.75, 3.05) is 25.0 Å². The number of nitrogens with one attached hydrogen (secondary N) is 2. The van der Waals surface area contributed by atoms with Gasteiger partial charge in [0.05, 0.1) is 12.5 Å².